The van der Waals surface area contributed by atoms with Gasteiger partial charge in [0.1, 0.15) is 0 Å². The number of hydrogen-bond donors (Lipinski definition) is 0. The fourth-order valence-corrected chi connectivity index (χ4v) is 3.05. The summed E-state index contributed by atoms with van der Waals surface area (Å²) in [5.41, 5.74) is 0. The van der Waals surface area contributed by atoms with Crippen LogP contribution in [0.3, 0.4) is 0 Å². The fourth-order valence-electron chi connectivity index (χ4n) is 1.87. The second kappa shape index (κ2) is 2.61. The summed E-state index contributed by atoms with van der Waals surface area (Å²) < 4.78 is 0. The van der Waals surface area contributed by atoms with Crippen LogP contribution < -0.4 is 0 Å². The molecule has 0 aromatic heterocycles. The topological polar surface area (TPSA) is 0 Å². The lowest BCUT2D eigenvalue weighted by molar-refractivity contribution is 0.0348. The van der Waals surface area contributed by atoms with Gasteiger partial charge in [0.15, 0.2) is 0 Å². The van der Waals surface area contributed by atoms with Crippen molar-refractivity contribution in [1.82, 2.24) is 0 Å². The summed E-state index contributed by atoms with van der Waals surface area (Å²) in [6.07, 6.45) is 0. The number of halogens is 1. The third kappa shape index (κ3) is 1.04. The van der Waals surface area contributed by atoms with Crippen LogP contribution in [0, 0.1) is 23.7 Å². The van der Waals surface area contributed by atoms with Crippen LogP contribution in [0.1, 0.15) is 20.8 Å². The third-order valence-electron chi connectivity index (χ3n) is 3.19. The van der Waals surface area contributed by atoms with Gasteiger partial charge >= 0.3 is 0 Å². The first kappa shape index (κ1) is 7.59. The zero-order valence-electron chi connectivity index (χ0n) is 6.39. The molecule has 0 heterocycles. The minimum Gasteiger partial charge on any atom is -0.0925 e. The SMILES string of the molecule is CC1C(C)C(CBr)C1C. The van der Waals surface area contributed by atoms with Gasteiger partial charge in [-0.1, -0.05) is 36.7 Å². The average Bonchev–Trinajstić information content (AvgIpc) is 1.89. The predicted octanol–water partition coefficient (Wildman–Crippen LogP) is 2.92. The van der Waals surface area contributed by atoms with Gasteiger partial charge < -0.3 is 0 Å². The zero-order valence-corrected chi connectivity index (χ0v) is 7.98. The van der Waals surface area contributed by atoms with Gasteiger partial charge in [0.05, 0.1) is 0 Å². The Balaban J connectivity index is 2.41. The Morgan fingerprint density at radius 2 is 1.44 bits per heavy atom. The van der Waals surface area contributed by atoms with Gasteiger partial charge in [-0.05, 0) is 23.7 Å². The van der Waals surface area contributed by atoms with Crippen LogP contribution in [0.2, 0.25) is 0 Å². The van der Waals surface area contributed by atoms with Gasteiger partial charge in [0.2, 0.25) is 0 Å². The van der Waals surface area contributed by atoms with E-state index in [1.807, 2.05) is 0 Å². The van der Waals surface area contributed by atoms with Crippen molar-refractivity contribution in [1.29, 1.82) is 0 Å². The molecular formula is C8H15Br. The standard InChI is InChI=1S/C8H15Br/c1-5-6(2)8(4-9)7(5)3/h5-8H,4H2,1-3H3. The van der Waals surface area contributed by atoms with Crippen molar-refractivity contribution in [2.24, 2.45) is 23.7 Å². The maximum Gasteiger partial charge on any atom is 0.00649 e. The molecular weight excluding hydrogens is 176 g/mol. The van der Waals surface area contributed by atoms with Crippen molar-refractivity contribution in [2.75, 3.05) is 5.33 Å². The normalized spacial score (nSPS) is 50.7. The minimum atomic E-state index is 0.944. The van der Waals surface area contributed by atoms with Gasteiger partial charge in [-0.2, -0.15) is 0 Å². The highest BCUT2D eigenvalue weighted by molar-refractivity contribution is 9.09. The summed E-state index contributed by atoms with van der Waals surface area (Å²) in [7, 11) is 0. The Bertz CT molecular complexity index is 90.7. The number of hydrogen-bond acceptors (Lipinski definition) is 0. The van der Waals surface area contributed by atoms with Gasteiger partial charge in [-0.3, -0.25) is 0 Å². The summed E-state index contributed by atoms with van der Waals surface area (Å²) in [6, 6.07) is 0. The number of rotatable bonds is 1. The summed E-state index contributed by atoms with van der Waals surface area (Å²) in [4.78, 5) is 0. The molecule has 0 radical (unpaired) electrons. The van der Waals surface area contributed by atoms with Crippen molar-refractivity contribution in [3.8, 4) is 0 Å². The summed E-state index contributed by atoms with van der Waals surface area (Å²) in [5, 5.41) is 1.19. The quantitative estimate of drug-likeness (QED) is 0.559. The molecule has 54 valence electrons. The van der Waals surface area contributed by atoms with E-state index in [-0.39, 0.29) is 0 Å². The molecule has 0 aromatic carbocycles. The highest BCUT2D eigenvalue weighted by Gasteiger charge is 2.40. The second-order valence-electron chi connectivity index (χ2n) is 3.40. The predicted molar refractivity (Wildman–Crippen MR) is 44.8 cm³/mol. The van der Waals surface area contributed by atoms with E-state index in [1.165, 1.54) is 5.33 Å². The maximum absolute atomic E-state index is 3.53. The summed E-state index contributed by atoms with van der Waals surface area (Å²) in [6.45, 7) is 7.07. The molecule has 2 unspecified atom stereocenters. The minimum absolute atomic E-state index is 0.944. The van der Waals surface area contributed by atoms with Crippen LogP contribution in [0.4, 0.5) is 0 Å². The Labute approximate surface area is 66.2 Å². The van der Waals surface area contributed by atoms with Crippen LogP contribution in [-0.2, 0) is 0 Å². The van der Waals surface area contributed by atoms with Gasteiger partial charge in [-0.15, -0.1) is 0 Å². The van der Waals surface area contributed by atoms with Crippen LogP contribution in [0.5, 0.6) is 0 Å². The van der Waals surface area contributed by atoms with E-state index in [9.17, 15) is 0 Å². The molecule has 1 heteroatoms. The molecule has 0 aliphatic heterocycles. The van der Waals surface area contributed by atoms with E-state index < -0.39 is 0 Å². The molecule has 1 aliphatic carbocycles. The zero-order chi connectivity index (χ0) is 7.02. The van der Waals surface area contributed by atoms with E-state index in [2.05, 4.69) is 36.7 Å². The number of alkyl halides is 1. The Hall–Kier alpha value is 0.480. The van der Waals surface area contributed by atoms with Crippen molar-refractivity contribution in [3.63, 3.8) is 0 Å². The highest BCUT2D eigenvalue weighted by atomic mass is 79.9. The molecule has 0 amide bonds. The monoisotopic (exact) mass is 190 g/mol. The molecule has 0 nitrogen and oxygen atoms in total. The van der Waals surface area contributed by atoms with E-state index >= 15 is 0 Å². The molecule has 9 heavy (non-hydrogen) atoms. The van der Waals surface area contributed by atoms with Crippen LogP contribution in [-0.4, -0.2) is 5.33 Å². The molecule has 0 aromatic rings. The molecule has 2 atom stereocenters. The van der Waals surface area contributed by atoms with Crippen molar-refractivity contribution in [2.45, 2.75) is 20.8 Å². The first-order valence-corrected chi connectivity index (χ1v) is 4.86. The van der Waals surface area contributed by atoms with Crippen LogP contribution in [0.25, 0.3) is 0 Å². The Morgan fingerprint density at radius 3 is 1.67 bits per heavy atom. The lowest BCUT2D eigenvalue weighted by Gasteiger charge is -2.47. The molecule has 1 aliphatic rings. The van der Waals surface area contributed by atoms with Gasteiger partial charge in [-0.25, -0.2) is 0 Å². The molecule has 0 saturated heterocycles. The van der Waals surface area contributed by atoms with Gasteiger partial charge in [0.25, 0.3) is 0 Å². The lowest BCUT2D eigenvalue weighted by atomic mass is 9.60. The van der Waals surface area contributed by atoms with E-state index in [0.29, 0.717) is 0 Å². The average molecular weight is 191 g/mol. The largest absolute Gasteiger partial charge is 0.0925 e. The Morgan fingerprint density at radius 1 is 1.00 bits per heavy atom. The maximum atomic E-state index is 3.53. The molecule has 1 fully saturated rings. The van der Waals surface area contributed by atoms with Crippen molar-refractivity contribution < 1.29 is 0 Å². The Kier molecular flexibility index (Phi) is 2.20. The fraction of sp³-hybridized carbons (Fsp3) is 1.00. The van der Waals surface area contributed by atoms with Crippen LogP contribution >= 0.6 is 15.9 Å². The lowest BCUT2D eigenvalue weighted by Crippen LogP contribution is -2.42. The highest BCUT2D eigenvalue weighted by Crippen LogP contribution is 2.45. The van der Waals surface area contributed by atoms with E-state index in [0.717, 1.165) is 23.7 Å². The molecule has 0 spiro atoms. The van der Waals surface area contributed by atoms with Crippen molar-refractivity contribution in [3.05, 3.63) is 0 Å². The molecule has 0 N–H and O–H groups in total. The first-order chi connectivity index (χ1) is 4.18. The second-order valence-corrected chi connectivity index (χ2v) is 4.04. The first-order valence-electron chi connectivity index (χ1n) is 3.74. The van der Waals surface area contributed by atoms with E-state index in [1.54, 1.807) is 0 Å². The summed E-state index contributed by atoms with van der Waals surface area (Å²) >= 11 is 3.53. The smallest absolute Gasteiger partial charge is 0.00649 e. The molecule has 0 bridgehead atoms. The van der Waals surface area contributed by atoms with E-state index in [4.69, 9.17) is 0 Å². The van der Waals surface area contributed by atoms with Crippen molar-refractivity contribution >= 4 is 15.9 Å². The third-order valence-corrected chi connectivity index (χ3v) is 3.94. The molecule has 1 saturated carbocycles. The van der Waals surface area contributed by atoms with Crippen LogP contribution in [0.15, 0.2) is 0 Å². The van der Waals surface area contributed by atoms with Gasteiger partial charge in [0, 0.05) is 5.33 Å². The summed E-state index contributed by atoms with van der Waals surface area (Å²) in [5.74, 6) is 3.78. The molecule has 1 rings (SSSR count).